The highest BCUT2D eigenvalue weighted by Gasteiger charge is 2.18. The largest absolute Gasteiger partial charge is 0.421 e. The van der Waals surface area contributed by atoms with Gasteiger partial charge in [-0.2, -0.15) is 0 Å². The zero-order chi connectivity index (χ0) is 13.9. The van der Waals surface area contributed by atoms with Crippen LogP contribution in [-0.2, 0) is 11.2 Å². The highest BCUT2D eigenvalue weighted by atomic mass is 79.9. The summed E-state index contributed by atoms with van der Waals surface area (Å²) in [5, 5.41) is 8.30. The number of hydrogen-bond acceptors (Lipinski definition) is 4. The second-order valence-corrected chi connectivity index (χ2v) is 6.07. The topological polar surface area (TPSA) is 48.2 Å². The minimum atomic E-state index is 0.225. The Bertz CT molecular complexity index is 591. The Kier molecular flexibility index (Phi) is 4.17. The van der Waals surface area contributed by atoms with E-state index in [-0.39, 0.29) is 6.10 Å². The van der Waals surface area contributed by atoms with Gasteiger partial charge in [-0.25, -0.2) is 0 Å². The van der Waals surface area contributed by atoms with Crippen molar-refractivity contribution in [1.82, 2.24) is 10.2 Å². The minimum absolute atomic E-state index is 0.225. The van der Waals surface area contributed by atoms with E-state index in [0.29, 0.717) is 18.2 Å². The molecule has 1 aromatic carbocycles. The molecule has 0 radical (unpaired) electrons. The summed E-state index contributed by atoms with van der Waals surface area (Å²) in [6, 6.07) is 6.02. The SMILES string of the molecule is Cc1cc(Br)ccc1-c1nnc(CC2CCCCO2)o1. The standard InChI is InChI=1S/C15H17BrN2O2/c1-10-8-11(16)5-6-13(10)15-18-17-14(20-15)9-12-4-2-3-7-19-12/h5-6,8,12H,2-4,7,9H2,1H3. The Labute approximate surface area is 126 Å². The van der Waals surface area contributed by atoms with E-state index in [4.69, 9.17) is 9.15 Å². The molecule has 0 aliphatic carbocycles. The minimum Gasteiger partial charge on any atom is -0.421 e. The van der Waals surface area contributed by atoms with Gasteiger partial charge in [0.05, 0.1) is 12.5 Å². The fraction of sp³-hybridized carbons (Fsp3) is 0.467. The predicted octanol–water partition coefficient (Wildman–Crippen LogP) is 3.92. The number of benzene rings is 1. The average molecular weight is 337 g/mol. The smallest absolute Gasteiger partial charge is 0.248 e. The zero-order valence-corrected chi connectivity index (χ0v) is 13.0. The third-order valence-corrected chi connectivity index (χ3v) is 4.06. The Hall–Kier alpha value is -1.20. The lowest BCUT2D eigenvalue weighted by molar-refractivity contribution is 0.0132. The van der Waals surface area contributed by atoms with E-state index in [9.17, 15) is 0 Å². The maximum Gasteiger partial charge on any atom is 0.248 e. The van der Waals surface area contributed by atoms with Crippen LogP contribution in [-0.4, -0.2) is 22.9 Å². The first-order valence-corrected chi connectivity index (χ1v) is 7.72. The molecule has 20 heavy (non-hydrogen) atoms. The van der Waals surface area contributed by atoms with Crippen molar-refractivity contribution in [2.45, 2.75) is 38.7 Å². The first kappa shape index (κ1) is 13.8. The van der Waals surface area contributed by atoms with Gasteiger partial charge >= 0.3 is 0 Å². The van der Waals surface area contributed by atoms with E-state index < -0.39 is 0 Å². The molecule has 2 heterocycles. The van der Waals surface area contributed by atoms with Gasteiger partial charge in [-0.15, -0.1) is 10.2 Å². The molecule has 0 spiro atoms. The molecule has 1 unspecified atom stereocenters. The van der Waals surface area contributed by atoms with Gasteiger partial charge in [0, 0.05) is 16.6 Å². The average Bonchev–Trinajstić information content (AvgIpc) is 2.88. The van der Waals surface area contributed by atoms with Crippen LogP contribution in [0.2, 0.25) is 0 Å². The normalized spacial score (nSPS) is 19.2. The first-order chi connectivity index (χ1) is 9.72. The van der Waals surface area contributed by atoms with Gasteiger partial charge in [-0.05, 0) is 49.9 Å². The maximum absolute atomic E-state index is 5.78. The predicted molar refractivity (Wildman–Crippen MR) is 79.5 cm³/mol. The molecule has 0 N–H and O–H groups in total. The summed E-state index contributed by atoms with van der Waals surface area (Å²) in [5.41, 5.74) is 2.10. The van der Waals surface area contributed by atoms with E-state index in [1.807, 2.05) is 25.1 Å². The van der Waals surface area contributed by atoms with Crippen molar-refractivity contribution in [3.8, 4) is 11.5 Å². The van der Waals surface area contributed by atoms with Crippen LogP contribution in [0.3, 0.4) is 0 Å². The second kappa shape index (κ2) is 6.06. The number of ether oxygens (including phenoxy) is 1. The lowest BCUT2D eigenvalue weighted by atomic mass is 10.1. The van der Waals surface area contributed by atoms with Crippen molar-refractivity contribution < 1.29 is 9.15 Å². The third kappa shape index (κ3) is 3.10. The van der Waals surface area contributed by atoms with Gasteiger partial charge in [0.2, 0.25) is 11.8 Å². The summed E-state index contributed by atoms with van der Waals surface area (Å²) in [7, 11) is 0. The molecule has 1 aliphatic heterocycles. The van der Waals surface area contributed by atoms with E-state index >= 15 is 0 Å². The van der Waals surface area contributed by atoms with Crippen LogP contribution in [0.1, 0.15) is 30.7 Å². The van der Waals surface area contributed by atoms with E-state index in [2.05, 4.69) is 26.1 Å². The Morgan fingerprint density at radius 1 is 1.30 bits per heavy atom. The summed E-state index contributed by atoms with van der Waals surface area (Å²) < 4.78 is 12.5. The first-order valence-electron chi connectivity index (χ1n) is 6.93. The van der Waals surface area contributed by atoms with E-state index in [0.717, 1.165) is 35.0 Å². The van der Waals surface area contributed by atoms with Crippen molar-refractivity contribution in [1.29, 1.82) is 0 Å². The highest BCUT2D eigenvalue weighted by molar-refractivity contribution is 9.10. The molecular formula is C15H17BrN2O2. The summed E-state index contributed by atoms with van der Waals surface area (Å²) >= 11 is 3.46. The fourth-order valence-corrected chi connectivity index (χ4v) is 2.95. The number of hydrogen-bond donors (Lipinski definition) is 0. The number of aromatic nitrogens is 2. The highest BCUT2D eigenvalue weighted by Crippen LogP contribution is 2.26. The van der Waals surface area contributed by atoms with Crippen LogP contribution >= 0.6 is 15.9 Å². The van der Waals surface area contributed by atoms with Crippen LogP contribution < -0.4 is 0 Å². The molecule has 1 fully saturated rings. The molecule has 3 rings (SSSR count). The number of rotatable bonds is 3. The molecule has 0 amide bonds. The van der Waals surface area contributed by atoms with Crippen LogP contribution in [0.15, 0.2) is 27.1 Å². The van der Waals surface area contributed by atoms with Crippen molar-refractivity contribution in [3.63, 3.8) is 0 Å². The Balaban J connectivity index is 1.75. The Morgan fingerprint density at radius 2 is 2.20 bits per heavy atom. The van der Waals surface area contributed by atoms with E-state index in [1.165, 1.54) is 6.42 Å². The molecule has 5 heteroatoms. The molecule has 1 aromatic heterocycles. The van der Waals surface area contributed by atoms with Crippen LogP contribution in [0.5, 0.6) is 0 Å². The van der Waals surface area contributed by atoms with Gasteiger partial charge < -0.3 is 9.15 Å². The maximum atomic E-state index is 5.78. The van der Waals surface area contributed by atoms with Crippen molar-refractivity contribution >= 4 is 15.9 Å². The molecule has 1 atom stereocenters. The number of aryl methyl sites for hydroxylation is 1. The summed E-state index contributed by atoms with van der Waals surface area (Å²) in [4.78, 5) is 0. The fourth-order valence-electron chi connectivity index (χ4n) is 2.48. The third-order valence-electron chi connectivity index (χ3n) is 3.56. The lowest BCUT2D eigenvalue weighted by Crippen LogP contribution is -2.21. The molecule has 2 aromatic rings. The van der Waals surface area contributed by atoms with Crippen LogP contribution in [0.25, 0.3) is 11.5 Å². The van der Waals surface area contributed by atoms with Crippen molar-refractivity contribution in [2.24, 2.45) is 0 Å². The van der Waals surface area contributed by atoms with Gasteiger partial charge in [0.1, 0.15) is 0 Å². The summed E-state index contributed by atoms with van der Waals surface area (Å²) in [6.45, 7) is 2.88. The van der Waals surface area contributed by atoms with Gasteiger partial charge in [0.15, 0.2) is 0 Å². The molecule has 1 aliphatic rings. The van der Waals surface area contributed by atoms with Crippen molar-refractivity contribution in [3.05, 3.63) is 34.1 Å². The zero-order valence-electron chi connectivity index (χ0n) is 11.4. The molecule has 4 nitrogen and oxygen atoms in total. The molecular weight excluding hydrogens is 320 g/mol. The van der Waals surface area contributed by atoms with Gasteiger partial charge in [0.25, 0.3) is 0 Å². The second-order valence-electron chi connectivity index (χ2n) is 5.15. The quantitative estimate of drug-likeness (QED) is 0.852. The lowest BCUT2D eigenvalue weighted by Gasteiger charge is -2.20. The van der Waals surface area contributed by atoms with Gasteiger partial charge in [-0.3, -0.25) is 0 Å². The van der Waals surface area contributed by atoms with Crippen LogP contribution in [0.4, 0.5) is 0 Å². The number of halogens is 1. The number of nitrogens with zero attached hydrogens (tertiary/aromatic N) is 2. The molecule has 106 valence electrons. The van der Waals surface area contributed by atoms with Crippen molar-refractivity contribution in [2.75, 3.05) is 6.61 Å². The molecule has 0 saturated carbocycles. The Morgan fingerprint density at radius 3 is 2.95 bits per heavy atom. The molecule has 0 bridgehead atoms. The van der Waals surface area contributed by atoms with E-state index in [1.54, 1.807) is 0 Å². The van der Waals surface area contributed by atoms with Crippen LogP contribution in [0, 0.1) is 6.92 Å². The molecule has 1 saturated heterocycles. The summed E-state index contributed by atoms with van der Waals surface area (Å²) in [6.07, 6.45) is 4.39. The van der Waals surface area contributed by atoms with Gasteiger partial charge in [-0.1, -0.05) is 15.9 Å². The summed E-state index contributed by atoms with van der Waals surface area (Å²) in [5.74, 6) is 1.25. The monoisotopic (exact) mass is 336 g/mol.